The second-order valence-electron chi connectivity index (χ2n) is 6.41. The van der Waals surface area contributed by atoms with Crippen LogP contribution >= 0.6 is 0 Å². The van der Waals surface area contributed by atoms with Crippen LogP contribution in [0.2, 0.25) is 0 Å². The van der Waals surface area contributed by atoms with Crippen molar-refractivity contribution in [2.24, 2.45) is 0 Å². The van der Waals surface area contributed by atoms with Gasteiger partial charge in [-0.05, 0) is 17.2 Å². The largest absolute Gasteiger partial charge is 0.478 e. The maximum atomic E-state index is 12.4. The summed E-state index contributed by atoms with van der Waals surface area (Å²) in [6.07, 6.45) is 2.53. The van der Waals surface area contributed by atoms with Gasteiger partial charge in [0.15, 0.2) is 5.65 Å². The van der Waals surface area contributed by atoms with E-state index in [0.29, 0.717) is 17.0 Å². The van der Waals surface area contributed by atoms with Gasteiger partial charge in [-0.3, -0.25) is 14.3 Å². The summed E-state index contributed by atoms with van der Waals surface area (Å²) in [6.45, 7) is 0.274. The summed E-state index contributed by atoms with van der Waals surface area (Å²) in [6, 6.07) is 16.4. The SMILES string of the molecule is O=C(O)/C=C/c1ccc(-c2nc3c([nH]2)c(=O)[nH]c(=O)n3Cc2ccccc2)cc1. The molecule has 0 saturated heterocycles. The van der Waals surface area contributed by atoms with Gasteiger partial charge in [0, 0.05) is 11.6 Å². The van der Waals surface area contributed by atoms with Crippen LogP contribution < -0.4 is 11.2 Å². The van der Waals surface area contributed by atoms with Crippen molar-refractivity contribution < 1.29 is 9.90 Å². The molecule has 0 radical (unpaired) electrons. The van der Waals surface area contributed by atoms with Crippen molar-refractivity contribution in [1.82, 2.24) is 19.5 Å². The Bertz CT molecular complexity index is 1330. The lowest BCUT2D eigenvalue weighted by Crippen LogP contribution is -2.30. The van der Waals surface area contributed by atoms with Crippen LogP contribution in [0.5, 0.6) is 0 Å². The van der Waals surface area contributed by atoms with Crippen molar-refractivity contribution in [3.63, 3.8) is 0 Å². The van der Waals surface area contributed by atoms with Crippen LogP contribution in [0.15, 0.2) is 70.3 Å². The van der Waals surface area contributed by atoms with E-state index in [0.717, 1.165) is 11.6 Å². The summed E-state index contributed by atoms with van der Waals surface area (Å²) in [5.41, 5.74) is 1.74. The van der Waals surface area contributed by atoms with Crippen LogP contribution in [0.4, 0.5) is 0 Å². The number of H-pyrrole nitrogens is 2. The summed E-state index contributed by atoms with van der Waals surface area (Å²) in [5.74, 6) is -0.589. The maximum Gasteiger partial charge on any atom is 0.330 e. The Balaban J connectivity index is 1.77. The smallest absolute Gasteiger partial charge is 0.330 e. The van der Waals surface area contributed by atoms with Gasteiger partial charge in [-0.15, -0.1) is 0 Å². The van der Waals surface area contributed by atoms with E-state index >= 15 is 0 Å². The first-order valence-corrected chi connectivity index (χ1v) is 8.79. The molecule has 8 heteroatoms. The van der Waals surface area contributed by atoms with E-state index < -0.39 is 17.2 Å². The van der Waals surface area contributed by atoms with Crippen LogP contribution in [0.3, 0.4) is 0 Å². The van der Waals surface area contributed by atoms with Crippen LogP contribution in [-0.4, -0.2) is 30.6 Å². The molecule has 0 amide bonds. The molecule has 4 aromatic rings. The normalized spacial score (nSPS) is 11.3. The summed E-state index contributed by atoms with van der Waals surface area (Å²) < 4.78 is 1.41. The molecule has 0 saturated carbocycles. The minimum absolute atomic E-state index is 0.213. The molecule has 144 valence electrons. The quantitative estimate of drug-likeness (QED) is 0.453. The summed E-state index contributed by atoms with van der Waals surface area (Å²) in [5, 5.41) is 8.71. The number of carbonyl (C=O) groups is 1. The summed E-state index contributed by atoms with van der Waals surface area (Å²) in [7, 11) is 0. The molecule has 29 heavy (non-hydrogen) atoms. The van der Waals surface area contributed by atoms with Crippen molar-refractivity contribution >= 4 is 23.2 Å². The number of hydrogen-bond donors (Lipinski definition) is 3. The third-order valence-corrected chi connectivity index (χ3v) is 4.42. The Morgan fingerprint density at radius 1 is 1.03 bits per heavy atom. The average Bonchev–Trinajstić information content (AvgIpc) is 3.17. The zero-order chi connectivity index (χ0) is 20.4. The van der Waals surface area contributed by atoms with Gasteiger partial charge in [-0.1, -0.05) is 54.6 Å². The number of nitrogens with zero attached hydrogens (tertiary/aromatic N) is 2. The topological polar surface area (TPSA) is 121 Å². The lowest BCUT2D eigenvalue weighted by Gasteiger charge is -2.05. The zero-order valence-corrected chi connectivity index (χ0v) is 15.1. The van der Waals surface area contributed by atoms with E-state index in [1.165, 1.54) is 10.6 Å². The highest BCUT2D eigenvalue weighted by Gasteiger charge is 2.14. The number of carboxylic acids is 1. The number of aromatic amines is 2. The van der Waals surface area contributed by atoms with Crippen molar-refractivity contribution in [1.29, 1.82) is 0 Å². The van der Waals surface area contributed by atoms with Gasteiger partial charge in [0.25, 0.3) is 5.56 Å². The monoisotopic (exact) mass is 388 g/mol. The lowest BCUT2D eigenvalue weighted by molar-refractivity contribution is -0.131. The van der Waals surface area contributed by atoms with Gasteiger partial charge in [-0.2, -0.15) is 0 Å². The van der Waals surface area contributed by atoms with Gasteiger partial charge in [0.05, 0.1) is 6.54 Å². The van der Waals surface area contributed by atoms with Crippen molar-refractivity contribution in [2.45, 2.75) is 6.54 Å². The van der Waals surface area contributed by atoms with E-state index in [4.69, 9.17) is 5.11 Å². The molecule has 0 aliphatic carbocycles. The van der Waals surface area contributed by atoms with E-state index in [1.807, 2.05) is 30.3 Å². The Hall–Kier alpha value is -4.20. The first-order chi connectivity index (χ1) is 14.0. The summed E-state index contributed by atoms with van der Waals surface area (Å²) >= 11 is 0. The highest BCUT2D eigenvalue weighted by Crippen LogP contribution is 2.19. The fourth-order valence-electron chi connectivity index (χ4n) is 3.01. The molecule has 4 rings (SSSR count). The van der Waals surface area contributed by atoms with Gasteiger partial charge in [0.1, 0.15) is 11.3 Å². The Morgan fingerprint density at radius 3 is 2.45 bits per heavy atom. The number of rotatable bonds is 5. The second kappa shape index (κ2) is 7.43. The molecule has 0 fully saturated rings. The van der Waals surface area contributed by atoms with Crippen LogP contribution in [0.1, 0.15) is 11.1 Å². The number of nitrogens with one attached hydrogen (secondary N) is 2. The highest BCUT2D eigenvalue weighted by atomic mass is 16.4. The molecule has 0 spiro atoms. The van der Waals surface area contributed by atoms with Crippen molar-refractivity contribution in [2.75, 3.05) is 0 Å². The zero-order valence-electron chi connectivity index (χ0n) is 15.1. The third kappa shape index (κ3) is 3.77. The number of hydrogen-bond acceptors (Lipinski definition) is 4. The molecular formula is C21H16N4O4. The highest BCUT2D eigenvalue weighted by molar-refractivity contribution is 5.85. The van der Waals surface area contributed by atoms with Gasteiger partial charge in [-0.25, -0.2) is 14.6 Å². The fourth-order valence-corrected chi connectivity index (χ4v) is 3.01. The predicted molar refractivity (Wildman–Crippen MR) is 109 cm³/mol. The first-order valence-electron chi connectivity index (χ1n) is 8.79. The molecule has 3 N–H and O–H groups in total. The molecule has 0 aliphatic heterocycles. The van der Waals surface area contributed by atoms with Gasteiger partial charge < -0.3 is 10.1 Å². The van der Waals surface area contributed by atoms with E-state index in [-0.39, 0.29) is 17.7 Å². The molecule has 0 aliphatic rings. The Kier molecular flexibility index (Phi) is 4.66. The standard InChI is InChI=1S/C21H16N4O4/c26-16(27)11-8-13-6-9-15(10-7-13)18-22-17-19(23-18)25(21(29)24-20(17)28)12-14-4-2-1-3-5-14/h1-11H,12H2,(H,22,23)(H,26,27)(H,24,28,29)/b11-8+. The molecular weight excluding hydrogens is 372 g/mol. The van der Waals surface area contributed by atoms with Gasteiger partial charge in [0.2, 0.25) is 0 Å². The molecule has 2 aromatic carbocycles. The predicted octanol–water partition coefficient (Wildman–Crippen LogP) is 2.23. The van der Waals surface area contributed by atoms with E-state index in [9.17, 15) is 14.4 Å². The molecule has 0 bridgehead atoms. The number of aromatic nitrogens is 4. The molecule has 2 aromatic heterocycles. The average molecular weight is 388 g/mol. The summed E-state index contributed by atoms with van der Waals surface area (Å²) in [4.78, 5) is 45.0. The molecule has 0 unspecified atom stereocenters. The van der Waals surface area contributed by atoms with E-state index in [2.05, 4.69) is 15.0 Å². The van der Waals surface area contributed by atoms with Crippen molar-refractivity contribution in [3.05, 3.63) is 92.6 Å². The first kappa shape index (κ1) is 18.2. The second-order valence-corrected chi connectivity index (χ2v) is 6.41. The number of benzene rings is 2. The van der Waals surface area contributed by atoms with Crippen LogP contribution in [-0.2, 0) is 11.3 Å². The minimum Gasteiger partial charge on any atom is -0.478 e. The van der Waals surface area contributed by atoms with E-state index in [1.54, 1.807) is 24.3 Å². The number of aliphatic carboxylic acids is 1. The third-order valence-electron chi connectivity index (χ3n) is 4.42. The number of imidazole rings is 1. The van der Waals surface area contributed by atoms with Crippen LogP contribution in [0.25, 0.3) is 28.6 Å². The minimum atomic E-state index is -1.03. The lowest BCUT2D eigenvalue weighted by atomic mass is 10.1. The maximum absolute atomic E-state index is 12.4. The fraction of sp³-hybridized carbons (Fsp3) is 0.0476. The van der Waals surface area contributed by atoms with Crippen molar-refractivity contribution in [3.8, 4) is 11.4 Å². The molecule has 0 atom stereocenters. The number of carboxylic acid groups (broad SMARTS) is 1. The van der Waals surface area contributed by atoms with Gasteiger partial charge >= 0.3 is 11.7 Å². The number of fused-ring (bicyclic) bond motifs is 1. The Labute approximate surface area is 163 Å². The Morgan fingerprint density at radius 2 is 1.76 bits per heavy atom. The molecule has 8 nitrogen and oxygen atoms in total. The van der Waals surface area contributed by atoms with Crippen LogP contribution in [0, 0.1) is 0 Å². The molecule has 2 heterocycles.